The highest BCUT2D eigenvalue weighted by Crippen LogP contribution is 2.25. The molecule has 0 fully saturated rings. The Morgan fingerprint density at radius 2 is 2.33 bits per heavy atom. The Morgan fingerprint density at radius 3 is 3.00 bits per heavy atom. The number of ether oxygens (including phenoxy) is 1. The van der Waals surface area contributed by atoms with Gasteiger partial charge in [0.2, 0.25) is 0 Å². The van der Waals surface area contributed by atoms with E-state index in [0.29, 0.717) is 12.3 Å². The molecule has 0 spiro atoms. The van der Waals surface area contributed by atoms with Gasteiger partial charge in [-0.15, -0.1) is 6.58 Å². The van der Waals surface area contributed by atoms with Crippen LogP contribution in [0.25, 0.3) is 0 Å². The molecule has 0 atom stereocenters. The van der Waals surface area contributed by atoms with E-state index in [2.05, 4.69) is 11.9 Å². The van der Waals surface area contributed by atoms with Crippen LogP contribution in [0, 0.1) is 0 Å². The number of rotatable bonds is 6. The molecule has 0 saturated carbocycles. The van der Waals surface area contributed by atoms with Gasteiger partial charge in [-0.2, -0.15) is 0 Å². The minimum atomic E-state index is 0.625. The van der Waals surface area contributed by atoms with E-state index in [1.807, 2.05) is 31.2 Å². The standard InChI is InChI=1S/C12H18N2O/c1-3-5-8-14-10-6-7-11(13)12(9-10)15-4-2/h3,6-7,9,14H,1,4-5,8,13H2,2H3. The van der Waals surface area contributed by atoms with E-state index < -0.39 is 0 Å². The van der Waals surface area contributed by atoms with Crippen LogP contribution in [-0.2, 0) is 0 Å². The molecular weight excluding hydrogens is 188 g/mol. The normalized spacial score (nSPS) is 9.67. The minimum Gasteiger partial charge on any atom is -0.492 e. The third-order valence-corrected chi connectivity index (χ3v) is 1.99. The molecule has 0 heterocycles. The first kappa shape index (κ1) is 11.4. The number of nitrogens with two attached hydrogens (primary N) is 1. The number of nitrogens with one attached hydrogen (secondary N) is 1. The van der Waals surface area contributed by atoms with Crippen molar-refractivity contribution in [3.63, 3.8) is 0 Å². The highest BCUT2D eigenvalue weighted by Gasteiger charge is 2.00. The van der Waals surface area contributed by atoms with E-state index in [4.69, 9.17) is 10.5 Å². The lowest BCUT2D eigenvalue weighted by Crippen LogP contribution is -2.02. The SMILES string of the molecule is C=CCCNc1ccc(N)c(OCC)c1. The summed E-state index contributed by atoms with van der Waals surface area (Å²) in [5, 5.41) is 3.26. The smallest absolute Gasteiger partial charge is 0.144 e. The second-order valence-corrected chi connectivity index (χ2v) is 3.19. The lowest BCUT2D eigenvalue weighted by molar-refractivity contribution is 0.342. The van der Waals surface area contributed by atoms with Gasteiger partial charge in [0.1, 0.15) is 5.75 Å². The van der Waals surface area contributed by atoms with Crippen LogP contribution in [0.15, 0.2) is 30.9 Å². The lowest BCUT2D eigenvalue weighted by atomic mass is 10.2. The summed E-state index contributed by atoms with van der Waals surface area (Å²) >= 11 is 0. The molecule has 3 heteroatoms. The second kappa shape index (κ2) is 5.96. The predicted molar refractivity (Wildman–Crippen MR) is 65.3 cm³/mol. The van der Waals surface area contributed by atoms with Crippen LogP contribution in [0.1, 0.15) is 13.3 Å². The van der Waals surface area contributed by atoms with Gasteiger partial charge in [0.15, 0.2) is 0 Å². The zero-order chi connectivity index (χ0) is 11.1. The summed E-state index contributed by atoms with van der Waals surface area (Å²) in [5.74, 6) is 0.737. The fraction of sp³-hybridized carbons (Fsp3) is 0.333. The van der Waals surface area contributed by atoms with Crippen LogP contribution in [0.3, 0.4) is 0 Å². The molecule has 0 unspecified atom stereocenters. The summed E-state index contributed by atoms with van der Waals surface area (Å²) in [6.45, 7) is 7.11. The monoisotopic (exact) mass is 206 g/mol. The molecule has 0 radical (unpaired) electrons. The van der Waals surface area contributed by atoms with E-state index in [1.54, 1.807) is 0 Å². The maximum absolute atomic E-state index is 5.76. The molecule has 0 aliphatic carbocycles. The Kier molecular flexibility index (Phi) is 4.54. The third kappa shape index (κ3) is 3.54. The number of nitrogen functional groups attached to an aromatic ring is 1. The van der Waals surface area contributed by atoms with Crippen molar-refractivity contribution in [2.45, 2.75) is 13.3 Å². The molecule has 0 aliphatic heterocycles. The van der Waals surface area contributed by atoms with Gasteiger partial charge in [0.05, 0.1) is 12.3 Å². The number of benzene rings is 1. The maximum Gasteiger partial charge on any atom is 0.144 e. The number of hydrogen-bond donors (Lipinski definition) is 2. The number of anilines is 2. The van der Waals surface area contributed by atoms with Gasteiger partial charge in [-0.05, 0) is 25.5 Å². The van der Waals surface area contributed by atoms with Crippen LogP contribution < -0.4 is 15.8 Å². The van der Waals surface area contributed by atoms with Crippen molar-refractivity contribution < 1.29 is 4.74 Å². The molecule has 0 saturated heterocycles. The Balaban J connectivity index is 2.64. The summed E-state index contributed by atoms with van der Waals surface area (Å²) in [6, 6.07) is 5.71. The van der Waals surface area contributed by atoms with Crippen LogP contribution in [0.4, 0.5) is 11.4 Å². The molecule has 82 valence electrons. The van der Waals surface area contributed by atoms with Crippen molar-refractivity contribution in [2.75, 3.05) is 24.2 Å². The van der Waals surface area contributed by atoms with Crippen molar-refractivity contribution in [1.82, 2.24) is 0 Å². The van der Waals surface area contributed by atoms with E-state index in [-0.39, 0.29) is 0 Å². The van der Waals surface area contributed by atoms with Crippen LogP contribution in [0.5, 0.6) is 5.75 Å². The Labute approximate surface area is 90.9 Å². The predicted octanol–water partition coefficient (Wildman–Crippen LogP) is 2.66. The molecule has 1 rings (SSSR count). The summed E-state index contributed by atoms with van der Waals surface area (Å²) in [5.41, 5.74) is 7.46. The topological polar surface area (TPSA) is 47.3 Å². The summed E-state index contributed by atoms with van der Waals surface area (Å²) < 4.78 is 5.40. The van der Waals surface area contributed by atoms with Crippen molar-refractivity contribution in [3.8, 4) is 5.75 Å². The Morgan fingerprint density at radius 1 is 1.53 bits per heavy atom. The first-order valence-electron chi connectivity index (χ1n) is 5.15. The van der Waals surface area contributed by atoms with Gasteiger partial charge < -0.3 is 15.8 Å². The van der Waals surface area contributed by atoms with Crippen molar-refractivity contribution >= 4 is 11.4 Å². The van der Waals surface area contributed by atoms with Crippen molar-refractivity contribution in [3.05, 3.63) is 30.9 Å². The number of hydrogen-bond acceptors (Lipinski definition) is 3. The largest absolute Gasteiger partial charge is 0.492 e. The maximum atomic E-state index is 5.76. The van der Waals surface area contributed by atoms with Gasteiger partial charge in [-0.25, -0.2) is 0 Å². The molecule has 3 nitrogen and oxygen atoms in total. The molecule has 1 aromatic carbocycles. The van der Waals surface area contributed by atoms with Gasteiger partial charge in [0, 0.05) is 18.3 Å². The summed E-state index contributed by atoms with van der Waals surface area (Å²) in [4.78, 5) is 0. The molecular formula is C12H18N2O. The highest BCUT2D eigenvalue weighted by molar-refractivity contribution is 5.61. The van der Waals surface area contributed by atoms with Crippen LogP contribution in [-0.4, -0.2) is 13.2 Å². The first-order valence-corrected chi connectivity index (χ1v) is 5.15. The molecule has 3 N–H and O–H groups in total. The molecule has 1 aromatic rings. The lowest BCUT2D eigenvalue weighted by Gasteiger charge is -2.10. The van der Waals surface area contributed by atoms with E-state index in [0.717, 1.165) is 24.4 Å². The quantitative estimate of drug-likeness (QED) is 0.427. The van der Waals surface area contributed by atoms with E-state index in [9.17, 15) is 0 Å². The van der Waals surface area contributed by atoms with Gasteiger partial charge in [0.25, 0.3) is 0 Å². The average molecular weight is 206 g/mol. The molecule has 0 bridgehead atoms. The van der Waals surface area contributed by atoms with Gasteiger partial charge >= 0.3 is 0 Å². The van der Waals surface area contributed by atoms with E-state index >= 15 is 0 Å². The molecule has 0 aromatic heterocycles. The molecule has 0 amide bonds. The molecule has 15 heavy (non-hydrogen) atoms. The van der Waals surface area contributed by atoms with E-state index in [1.165, 1.54) is 0 Å². The zero-order valence-electron chi connectivity index (χ0n) is 9.12. The zero-order valence-corrected chi connectivity index (χ0v) is 9.12. The minimum absolute atomic E-state index is 0.625. The van der Waals surface area contributed by atoms with Gasteiger partial charge in [-0.3, -0.25) is 0 Å². The third-order valence-electron chi connectivity index (χ3n) is 1.99. The Bertz CT molecular complexity index is 323. The first-order chi connectivity index (χ1) is 7.27. The van der Waals surface area contributed by atoms with Crippen molar-refractivity contribution in [1.29, 1.82) is 0 Å². The summed E-state index contributed by atoms with van der Waals surface area (Å²) in [6.07, 6.45) is 2.82. The van der Waals surface area contributed by atoms with Crippen LogP contribution in [0.2, 0.25) is 0 Å². The van der Waals surface area contributed by atoms with Crippen LogP contribution >= 0.6 is 0 Å². The Hall–Kier alpha value is -1.64. The fourth-order valence-corrected chi connectivity index (χ4v) is 1.24. The van der Waals surface area contributed by atoms with Crippen molar-refractivity contribution in [2.24, 2.45) is 0 Å². The second-order valence-electron chi connectivity index (χ2n) is 3.19. The van der Waals surface area contributed by atoms with Gasteiger partial charge in [-0.1, -0.05) is 6.08 Å². The fourth-order valence-electron chi connectivity index (χ4n) is 1.24. The summed E-state index contributed by atoms with van der Waals surface area (Å²) in [7, 11) is 0. The molecule has 0 aliphatic rings. The average Bonchev–Trinajstić information content (AvgIpc) is 2.23. The highest BCUT2D eigenvalue weighted by atomic mass is 16.5.